The first kappa shape index (κ1) is 24.4. The van der Waals surface area contributed by atoms with E-state index in [1.54, 1.807) is 24.3 Å². The molecule has 2 N–H and O–H groups in total. The van der Waals surface area contributed by atoms with Gasteiger partial charge in [0.25, 0.3) is 0 Å². The zero-order valence-corrected chi connectivity index (χ0v) is 19.2. The summed E-state index contributed by atoms with van der Waals surface area (Å²) in [4.78, 5) is 23.8. The van der Waals surface area contributed by atoms with Crippen LogP contribution in [0.3, 0.4) is 0 Å². The van der Waals surface area contributed by atoms with Gasteiger partial charge in [0, 0.05) is 29.9 Å². The van der Waals surface area contributed by atoms with Crippen molar-refractivity contribution >= 4 is 44.8 Å². The second-order valence-corrected chi connectivity index (χ2v) is 9.47. The lowest BCUT2D eigenvalue weighted by Gasteiger charge is -2.22. The van der Waals surface area contributed by atoms with Crippen molar-refractivity contribution in [2.45, 2.75) is 18.4 Å². The summed E-state index contributed by atoms with van der Waals surface area (Å²) in [6.07, 6.45) is 0. The third kappa shape index (κ3) is 6.61. The largest absolute Gasteiger partial charge is 0.326 e. The summed E-state index contributed by atoms with van der Waals surface area (Å²) in [5.41, 5.74) is 1.29. The maximum absolute atomic E-state index is 13.4. The second kappa shape index (κ2) is 10.6. The van der Waals surface area contributed by atoms with Gasteiger partial charge in [-0.2, -0.15) is 4.31 Å². The first-order valence-electron chi connectivity index (χ1n) is 9.82. The molecule has 0 aliphatic heterocycles. The molecule has 3 rings (SSSR count). The van der Waals surface area contributed by atoms with Crippen LogP contribution in [-0.4, -0.2) is 31.1 Å². The summed E-state index contributed by atoms with van der Waals surface area (Å²) in [5, 5.41) is 5.49. The van der Waals surface area contributed by atoms with Gasteiger partial charge in [-0.15, -0.1) is 0 Å². The first-order chi connectivity index (χ1) is 15.6. The zero-order valence-electron chi connectivity index (χ0n) is 17.6. The first-order valence-corrected chi connectivity index (χ1v) is 11.6. The predicted molar refractivity (Wildman–Crippen MR) is 125 cm³/mol. The Morgan fingerprint density at radius 1 is 0.909 bits per heavy atom. The van der Waals surface area contributed by atoms with Crippen molar-refractivity contribution in [1.82, 2.24) is 4.31 Å². The van der Waals surface area contributed by atoms with E-state index in [2.05, 4.69) is 10.6 Å². The number of nitrogens with one attached hydrogen (secondary N) is 2. The number of nitrogens with zero attached hydrogens (tertiary/aromatic N) is 1. The highest BCUT2D eigenvalue weighted by Gasteiger charge is 2.27. The van der Waals surface area contributed by atoms with E-state index in [0.29, 0.717) is 22.0 Å². The van der Waals surface area contributed by atoms with E-state index in [1.165, 1.54) is 55.5 Å². The van der Waals surface area contributed by atoms with Crippen molar-refractivity contribution in [3.63, 3.8) is 0 Å². The van der Waals surface area contributed by atoms with Crippen LogP contribution < -0.4 is 10.6 Å². The molecule has 0 heterocycles. The fraction of sp³-hybridized carbons (Fsp3) is 0.130. The maximum atomic E-state index is 13.4. The lowest BCUT2D eigenvalue weighted by Crippen LogP contribution is -2.37. The molecule has 0 unspecified atom stereocenters. The maximum Gasteiger partial charge on any atom is 0.243 e. The van der Waals surface area contributed by atoms with Gasteiger partial charge in [-0.1, -0.05) is 29.8 Å². The molecule has 2 amide bonds. The number of halogens is 2. The van der Waals surface area contributed by atoms with Gasteiger partial charge in [-0.25, -0.2) is 12.8 Å². The van der Waals surface area contributed by atoms with Crippen LogP contribution in [0.1, 0.15) is 12.5 Å². The molecule has 0 saturated carbocycles. The van der Waals surface area contributed by atoms with E-state index in [0.717, 1.165) is 4.31 Å². The van der Waals surface area contributed by atoms with Crippen LogP contribution in [0.4, 0.5) is 15.8 Å². The fourth-order valence-corrected chi connectivity index (χ4v) is 4.57. The van der Waals surface area contributed by atoms with Crippen LogP contribution in [-0.2, 0) is 26.2 Å². The molecule has 0 radical (unpaired) electrons. The summed E-state index contributed by atoms with van der Waals surface area (Å²) in [6, 6.07) is 17.5. The van der Waals surface area contributed by atoms with E-state index < -0.39 is 28.3 Å². The van der Waals surface area contributed by atoms with Gasteiger partial charge in [-0.05, 0) is 60.2 Å². The standard InChI is InChI=1S/C23H21ClFN3O4S/c1-16(29)26-19-10-12-21(13-11-19)33(31,32)28(14-17-4-2-3-5-22(17)24)15-23(30)27-20-8-6-18(25)7-9-20/h2-13H,14-15H2,1H3,(H,26,29)(H,27,30). The third-order valence-corrected chi connectivity index (χ3v) is 6.74. The number of benzene rings is 3. The van der Waals surface area contributed by atoms with Crippen LogP contribution in [0.15, 0.2) is 77.7 Å². The molecular formula is C23H21ClFN3O4S. The highest BCUT2D eigenvalue weighted by molar-refractivity contribution is 7.89. The van der Waals surface area contributed by atoms with Crippen molar-refractivity contribution in [1.29, 1.82) is 0 Å². The van der Waals surface area contributed by atoms with E-state index in [1.807, 2.05) is 0 Å². The van der Waals surface area contributed by atoms with Crippen LogP contribution >= 0.6 is 11.6 Å². The van der Waals surface area contributed by atoms with E-state index >= 15 is 0 Å². The van der Waals surface area contributed by atoms with Crippen LogP contribution in [0.5, 0.6) is 0 Å². The van der Waals surface area contributed by atoms with Crippen molar-refractivity contribution in [3.8, 4) is 0 Å². The fourth-order valence-electron chi connectivity index (χ4n) is 3.00. The summed E-state index contributed by atoms with van der Waals surface area (Å²) >= 11 is 6.22. The molecule has 10 heteroatoms. The number of amides is 2. The monoisotopic (exact) mass is 489 g/mol. The number of hydrogen-bond donors (Lipinski definition) is 2. The molecule has 0 aromatic heterocycles. The molecule has 172 valence electrons. The quantitative estimate of drug-likeness (QED) is 0.494. The van der Waals surface area contributed by atoms with Gasteiger partial charge < -0.3 is 10.6 Å². The molecule has 0 aliphatic rings. The molecule has 0 fully saturated rings. The number of anilines is 2. The molecular weight excluding hydrogens is 469 g/mol. The minimum atomic E-state index is -4.11. The summed E-state index contributed by atoms with van der Waals surface area (Å²) in [5.74, 6) is -1.35. The van der Waals surface area contributed by atoms with Crippen LogP contribution in [0.2, 0.25) is 5.02 Å². The molecule has 7 nitrogen and oxygen atoms in total. The van der Waals surface area contributed by atoms with E-state index in [9.17, 15) is 22.4 Å². The van der Waals surface area contributed by atoms with Gasteiger partial charge in [0.15, 0.2) is 0 Å². The Labute approximate surface area is 196 Å². The summed E-state index contributed by atoms with van der Waals surface area (Å²) in [6.45, 7) is 0.695. The minimum Gasteiger partial charge on any atom is -0.326 e. The SMILES string of the molecule is CC(=O)Nc1ccc(S(=O)(=O)N(CC(=O)Nc2ccc(F)cc2)Cc2ccccc2Cl)cc1. The smallest absolute Gasteiger partial charge is 0.243 e. The second-order valence-electron chi connectivity index (χ2n) is 7.13. The molecule has 33 heavy (non-hydrogen) atoms. The molecule has 3 aromatic rings. The van der Waals surface area contributed by atoms with Crippen molar-refractivity contribution < 1.29 is 22.4 Å². The molecule has 3 aromatic carbocycles. The Hall–Kier alpha value is -3.27. The molecule has 0 saturated heterocycles. The highest BCUT2D eigenvalue weighted by atomic mass is 35.5. The van der Waals surface area contributed by atoms with Gasteiger partial charge in [0.2, 0.25) is 21.8 Å². The van der Waals surface area contributed by atoms with Gasteiger partial charge >= 0.3 is 0 Å². The van der Waals surface area contributed by atoms with Gasteiger partial charge in [0.1, 0.15) is 5.82 Å². The Kier molecular flexibility index (Phi) is 7.80. The summed E-state index contributed by atoms with van der Waals surface area (Å²) in [7, 11) is -4.11. The average molecular weight is 490 g/mol. The minimum absolute atomic E-state index is 0.0572. The molecule has 0 atom stereocenters. The topological polar surface area (TPSA) is 95.6 Å². The number of rotatable bonds is 8. The number of sulfonamides is 1. The van der Waals surface area contributed by atoms with Gasteiger partial charge in [0.05, 0.1) is 11.4 Å². The normalized spacial score (nSPS) is 11.3. The van der Waals surface area contributed by atoms with Crippen LogP contribution in [0, 0.1) is 5.82 Å². The van der Waals surface area contributed by atoms with E-state index in [4.69, 9.17) is 11.6 Å². The zero-order chi connectivity index (χ0) is 24.0. The number of hydrogen-bond acceptors (Lipinski definition) is 4. The Bertz CT molecular complexity index is 1250. The lowest BCUT2D eigenvalue weighted by atomic mass is 10.2. The molecule has 0 aliphatic carbocycles. The predicted octanol–water partition coefficient (Wildman–Crippen LogP) is 4.27. The van der Waals surface area contributed by atoms with Gasteiger partial charge in [-0.3, -0.25) is 9.59 Å². The molecule has 0 spiro atoms. The van der Waals surface area contributed by atoms with Crippen molar-refractivity contribution in [2.24, 2.45) is 0 Å². The van der Waals surface area contributed by atoms with Crippen LogP contribution in [0.25, 0.3) is 0 Å². The summed E-state index contributed by atoms with van der Waals surface area (Å²) < 4.78 is 40.9. The van der Waals surface area contributed by atoms with E-state index in [-0.39, 0.29) is 17.3 Å². The third-order valence-electron chi connectivity index (χ3n) is 4.56. The number of carbonyl (C=O) groups excluding carboxylic acids is 2. The lowest BCUT2D eigenvalue weighted by molar-refractivity contribution is -0.116. The Morgan fingerprint density at radius 2 is 1.48 bits per heavy atom. The van der Waals surface area contributed by atoms with Crippen molar-refractivity contribution in [3.05, 3.63) is 89.2 Å². The molecule has 0 bridgehead atoms. The average Bonchev–Trinajstić information content (AvgIpc) is 2.76. The van der Waals surface area contributed by atoms with Crippen molar-refractivity contribution in [2.75, 3.05) is 17.2 Å². The highest BCUT2D eigenvalue weighted by Crippen LogP contribution is 2.24. The number of carbonyl (C=O) groups is 2. The Morgan fingerprint density at radius 3 is 2.09 bits per heavy atom. The Balaban J connectivity index is 1.88.